The van der Waals surface area contributed by atoms with E-state index in [0.717, 1.165) is 42.4 Å². The van der Waals surface area contributed by atoms with Crippen LogP contribution in [0.5, 0.6) is 0 Å². The number of fused-ring (bicyclic) bond motifs is 1. The molecule has 6 nitrogen and oxygen atoms in total. The van der Waals surface area contributed by atoms with Gasteiger partial charge in [0.1, 0.15) is 18.2 Å². The van der Waals surface area contributed by atoms with E-state index in [-0.39, 0.29) is 18.0 Å². The molecular weight excluding hydrogens is 424 g/mol. The van der Waals surface area contributed by atoms with Gasteiger partial charge in [0.25, 0.3) is 5.91 Å². The summed E-state index contributed by atoms with van der Waals surface area (Å²) >= 11 is 6.13. The molecule has 0 spiro atoms. The Labute approximate surface area is 191 Å². The first-order valence-corrected chi connectivity index (χ1v) is 10.9. The predicted octanol–water partition coefficient (Wildman–Crippen LogP) is 4.77. The van der Waals surface area contributed by atoms with E-state index in [1.165, 1.54) is 0 Å². The first-order valence-electron chi connectivity index (χ1n) is 10.5. The number of halogens is 1. The number of carbonyl (C=O) groups is 2. The summed E-state index contributed by atoms with van der Waals surface area (Å²) in [6.07, 6.45) is 5.47. The minimum atomic E-state index is -0.516. The van der Waals surface area contributed by atoms with Gasteiger partial charge in [-0.15, -0.1) is 0 Å². The molecule has 0 atom stereocenters. The molecule has 1 N–H and O–H groups in total. The fourth-order valence-electron chi connectivity index (χ4n) is 3.91. The smallest absolute Gasteiger partial charge is 0.266 e. The molecule has 0 saturated carbocycles. The zero-order valence-electron chi connectivity index (χ0n) is 17.8. The summed E-state index contributed by atoms with van der Waals surface area (Å²) in [5, 5.41) is 13.8. The van der Waals surface area contributed by atoms with Crippen molar-refractivity contribution in [1.82, 2.24) is 9.47 Å². The number of hydrogen-bond donors (Lipinski definition) is 1. The average molecular weight is 447 g/mol. The van der Waals surface area contributed by atoms with Crippen molar-refractivity contribution in [2.24, 2.45) is 0 Å². The summed E-state index contributed by atoms with van der Waals surface area (Å²) in [6.45, 7) is 3.70. The first kappa shape index (κ1) is 21.7. The zero-order valence-corrected chi connectivity index (χ0v) is 18.5. The van der Waals surface area contributed by atoms with Crippen molar-refractivity contribution in [3.8, 4) is 6.07 Å². The fourth-order valence-corrected chi connectivity index (χ4v) is 4.09. The average Bonchev–Trinajstić information content (AvgIpc) is 3.44. The van der Waals surface area contributed by atoms with Crippen LogP contribution in [0.1, 0.15) is 24.0 Å². The van der Waals surface area contributed by atoms with E-state index in [1.807, 2.05) is 52.9 Å². The molecule has 162 valence electrons. The molecule has 2 heterocycles. The summed E-state index contributed by atoms with van der Waals surface area (Å²) in [4.78, 5) is 27.3. The maximum absolute atomic E-state index is 12.7. The highest BCUT2D eigenvalue weighted by Crippen LogP contribution is 2.25. The molecule has 0 bridgehead atoms. The van der Waals surface area contributed by atoms with Crippen LogP contribution in [0.25, 0.3) is 17.0 Å². The minimum Gasteiger partial charge on any atom is -0.341 e. The van der Waals surface area contributed by atoms with Crippen LogP contribution in [-0.2, 0) is 16.1 Å². The molecule has 32 heavy (non-hydrogen) atoms. The molecular formula is C25H23ClN4O2. The lowest BCUT2D eigenvalue weighted by Crippen LogP contribution is -2.30. The number of nitrogens with one attached hydrogen (secondary N) is 1. The lowest BCUT2D eigenvalue weighted by molar-refractivity contribution is -0.130. The summed E-state index contributed by atoms with van der Waals surface area (Å²) in [5.41, 5.74) is 2.98. The number of nitrogens with zero attached hydrogens (tertiary/aromatic N) is 3. The number of hydrogen-bond acceptors (Lipinski definition) is 3. The van der Waals surface area contributed by atoms with Crippen LogP contribution in [0, 0.1) is 18.3 Å². The molecule has 1 aromatic heterocycles. The second-order valence-electron chi connectivity index (χ2n) is 7.91. The van der Waals surface area contributed by atoms with Gasteiger partial charge in [-0.1, -0.05) is 35.9 Å². The van der Waals surface area contributed by atoms with Crippen LogP contribution in [0.4, 0.5) is 5.69 Å². The maximum Gasteiger partial charge on any atom is 0.266 e. The van der Waals surface area contributed by atoms with Gasteiger partial charge in [-0.2, -0.15) is 5.26 Å². The normalized spacial score (nSPS) is 13.9. The van der Waals surface area contributed by atoms with Crippen LogP contribution in [0.15, 0.2) is 54.2 Å². The predicted molar refractivity (Wildman–Crippen MR) is 126 cm³/mol. The Morgan fingerprint density at radius 2 is 1.94 bits per heavy atom. The van der Waals surface area contributed by atoms with Crippen LogP contribution in [0.3, 0.4) is 0 Å². The van der Waals surface area contributed by atoms with Crippen molar-refractivity contribution in [2.75, 3.05) is 18.4 Å². The highest BCUT2D eigenvalue weighted by molar-refractivity contribution is 6.31. The van der Waals surface area contributed by atoms with Gasteiger partial charge in [0, 0.05) is 46.5 Å². The molecule has 7 heteroatoms. The third kappa shape index (κ3) is 4.53. The van der Waals surface area contributed by atoms with Crippen molar-refractivity contribution in [2.45, 2.75) is 26.3 Å². The lowest BCUT2D eigenvalue weighted by Gasteiger charge is -2.15. The van der Waals surface area contributed by atoms with E-state index in [0.29, 0.717) is 16.3 Å². The van der Waals surface area contributed by atoms with Crippen LogP contribution < -0.4 is 5.32 Å². The topological polar surface area (TPSA) is 78.1 Å². The van der Waals surface area contributed by atoms with Crippen molar-refractivity contribution >= 4 is 46.1 Å². The van der Waals surface area contributed by atoms with E-state index in [2.05, 4.69) is 5.32 Å². The van der Waals surface area contributed by atoms with E-state index < -0.39 is 5.91 Å². The van der Waals surface area contributed by atoms with Crippen LogP contribution >= 0.6 is 11.6 Å². The largest absolute Gasteiger partial charge is 0.341 e. The molecule has 1 aliphatic rings. The fraction of sp³-hybridized carbons (Fsp3) is 0.240. The zero-order chi connectivity index (χ0) is 22.7. The molecule has 1 fully saturated rings. The number of carbonyl (C=O) groups excluding carboxylic acids is 2. The van der Waals surface area contributed by atoms with Gasteiger partial charge in [0.2, 0.25) is 5.91 Å². The van der Waals surface area contributed by atoms with Crippen molar-refractivity contribution < 1.29 is 9.59 Å². The van der Waals surface area contributed by atoms with Gasteiger partial charge >= 0.3 is 0 Å². The van der Waals surface area contributed by atoms with Gasteiger partial charge in [0.05, 0.1) is 0 Å². The van der Waals surface area contributed by atoms with E-state index in [1.54, 1.807) is 24.3 Å². The van der Waals surface area contributed by atoms with Gasteiger partial charge in [-0.05, 0) is 49.6 Å². The summed E-state index contributed by atoms with van der Waals surface area (Å²) in [6, 6.07) is 14.8. The van der Waals surface area contributed by atoms with Crippen LogP contribution in [-0.4, -0.2) is 34.4 Å². The van der Waals surface area contributed by atoms with Crippen molar-refractivity contribution in [1.29, 1.82) is 5.26 Å². The van der Waals surface area contributed by atoms with E-state index in [9.17, 15) is 14.9 Å². The number of aromatic nitrogens is 1. The van der Waals surface area contributed by atoms with Gasteiger partial charge in [-0.25, -0.2) is 0 Å². The highest BCUT2D eigenvalue weighted by Gasteiger charge is 2.20. The number of rotatable bonds is 5. The number of likely N-dealkylation sites (tertiary alicyclic amines) is 1. The molecule has 2 amide bonds. The molecule has 0 unspecified atom stereocenters. The van der Waals surface area contributed by atoms with E-state index >= 15 is 0 Å². The summed E-state index contributed by atoms with van der Waals surface area (Å²) in [5.74, 6) is -0.439. The number of anilines is 1. The molecule has 4 rings (SSSR count). The molecule has 3 aromatic rings. The second kappa shape index (κ2) is 9.29. The number of amides is 2. The van der Waals surface area contributed by atoms with Gasteiger partial charge in [0.15, 0.2) is 0 Å². The first-order chi connectivity index (χ1) is 15.5. The number of para-hydroxylation sites is 1. The Kier molecular flexibility index (Phi) is 6.29. The van der Waals surface area contributed by atoms with E-state index in [4.69, 9.17) is 11.6 Å². The molecule has 2 aromatic carbocycles. The minimum absolute atomic E-state index is 0.0320. The quantitative estimate of drug-likeness (QED) is 0.453. The number of aryl methyl sites for hydroxylation is 1. The number of nitriles is 1. The second-order valence-corrected chi connectivity index (χ2v) is 8.31. The monoisotopic (exact) mass is 446 g/mol. The Hall–Kier alpha value is -3.56. The Balaban J connectivity index is 1.62. The third-order valence-corrected chi connectivity index (χ3v) is 6.09. The SMILES string of the molecule is Cc1ccc(NC(=O)/C(C#N)=C/c2cn(CC(=O)N3CCCC3)c3ccccc23)cc1Cl. The summed E-state index contributed by atoms with van der Waals surface area (Å²) in [7, 11) is 0. The lowest BCUT2D eigenvalue weighted by atomic mass is 10.1. The summed E-state index contributed by atoms with van der Waals surface area (Å²) < 4.78 is 1.88. The van der Waals surface area contributed by atoms with Crippen molar-refractivity contribution in [3.63, 3.8) is 0 Å². The van der Waals surface area contributed by atoms with Crippen LogP contribution in [0.2, 0.25) is 5.02 Å². The third-order valence-electron chi connectivity index (χ3n) is 5.68. The Morgan fingerprint density at radius 3 is 2.66 bits per heavy atom. The Morgan fingerprint density at radius 1 is 1.19 bits per heavy atom. The maximum atomic E-state index is 12.7. The molecule has 1 saturated heterocycles. The highest BCUT2D eigenvalue weighted by atomic mass is 35.5. The molecule has 0 aliphatic carbocycles. The van der Waals surface area contributed by atoms with Gasteiger partial charge in [-0.3, -0.25) is 9.59 Å². The number of benzene rings is 2. The Bertz CT molecular complexity index is 1260. The van der Waals surface area contributed by atoms with Gasteiger partial charge < -0.3 is 14.8 Å². The molecule has 0 radical (unpaired) electrons. The molecule has 1 aliphatic heterocycles. The standard InChI is InChI=1S/C25H23ClN4O2/c1-17-8-9-20(13-22(17)26)28-25(32)18(14-27)12-19-15-30(23-7-3-2-6-21(19)23)16-24(31)29-10-4-5-11-29/h2-3,6-9,12-13,15H,4-5,10-11,16H2,1H3,(H,28,32)/b18-12+. The van der Waals surface area contributed by atoms with Crippen molar-refractivity contribution in [3.05, 3.63) is 70.4 Å².